The third-order valence-electron chi connectivity index (χ3n) is 11.8. The average Bonchev–Trinajstić information content (AvgIpc) is 3.72. The smallest absolute Gasteiger partial charge is 0.238 e. The molecule has 1 aliphatic carbocycles. The number of aryl methyl sites for hydroxylation is 1. The fraction of sp³-hybridized carbons (Fsp3) is 0.513. The molecule has 50 heavy (non-hydrogen) atoms. The number of carbonyl (C=O) groups is 2. The highest BCUT2D eigenvalue weighted by atomic mass is 19.1. The molecule has 1 spiro atoms. The number of fused-ring (bicyclic) bond motifs is 3. The summed E-state index contributed by atoms with van der Waals surface area (Å²) in [7, 11) is 0. The van der Waals surface area contributed by atoms with Gasteiger partial charge in [-0.2, -0.15) is 0 Å². The van der Waals surface area contributed by atoms with Crippen LogP contribution in [0.4, 0.5) is 21.6 Å². The fourth-order valence-electron chi connectivity index (χ4n) is 8.79. The van der Waals surface area contributed by atoms with Gasteiger partial charge in [0.15, 0.2) is 11.6 Å². The summed E-state index contributed by atoms with van der Waals surface area (Å²) >= 11 is 0. The predicted molar refractivity (Wildman–Crippen MR) is 193 cm³/mol. The van der Waals surface area contributed by atoms with Crippen LogP contribution in [0.1, 0.15) is 84.0 Å². The van der Waals surface area contributed by atoms with Gasteiger partial charge in [0, 0.05) is 61.6 Å². The summed E-state index contributed by atoms with van der Waals surface area (Å²) in [5, 5.41) is 3.26. The third kappa shape index (κ3) is 5.36. The molecule has 10 nitrogen and oxygen atoms in total. The first kappa shape index (κ1) is 32.8. The lowest BCUT2D eigenvalue weighted by atomic mass is 9.73. The van der Waals surface area contributed by atoms with Gasteiger partial charge in [0.1, 0.15) is 5.52 Å². The number of piperidine rings is 1. The predicted octanol–water partition coefficient (Wildman–Crippen LogP) is 6.75. The Morgan fingerprint density at radius 1 is 1.02 bits per heavy atom. The fourth-order valence-corrected chi connectivity index (χ4v) is 8.79. The molecule has 11 heteroatoms. The highest BCUT2D eigenvalue weighted by Gasteiger charge is 2.56. The lowest BCUT2D eigenvalue weighted by molar-refractivity contribution is -0.134. The zero-order valence-corrected chi connectivity index (χ0v) is 30.0. The Labute approximate surface area is 293 Å². The summed E-state index contributed by atoms with van der Waals surface area (Å²) in [5.74, 6) is 0.268. The van der Waals surface area contributed by atoms with Gasteiger partial charge < -0.3 is 19.7 Å². The zero-order chi connectivity index (χ0) is 35.1. The number of aromatic nitrogens is 4. The van der Waals surface area contributed by atoms with Crippen molar-refractivity contribution in [2.75, 3.05) is 36.4 Å². The molecule has 0 radical (unpaired) electrons. The number of likely N-dealkylation sites (tertiary alicyclic amines) is 2. The number of nitrogens with one attached hydrogen (secondary N) is 1. The Balaban J connectivity index is 1.19. The highest BCUT2D eigenvalue weighted by molar-refractivity contribution is 6.09. The van der Waals surface area contributed by atoms with Gasteiger partial charge in [-0.15, -0.1) is 0 Å². The molecule has 4 aliphatic rings. The van der Waals surface area contributed by atoms with Crippen LogP contribution in [0.2, 0.25) is 0 Å². The van der Waals surface area contributed by atoms with Crippen LogP contribution >= 0.6 is 0 Å². The van der Waals surface area contributed by atoms with Gasteiger partial charge in [-0.25, -0.2) is 14.4 Å². The van der Waals surface area contributed by atoms with E-state index in [-0.39, 0.29) is 23.9 Å². The Bertz CT molecular complexity index is 2010. The number of anilines is 3. The minimum atomic E-state index is -0.641. The molecule has 3 aliphatic heterocycles. The Kier molecular flexibility index (Phi) is 7.78. The second-order valence-electron chi connectivity index (χ2n) is 16.1. The van der Waals surface area contributed by atoms with Gasteiger partial charge in [0.2, 0.25) is 11.8 Å². The molecule has 4 aromatic rings. The van der Waals surface area contributed by atoms with E-state index in [1.165, 1.54) is 12.6 Å². The summed E-state index contributed by atoms with van der Waals surface area (Å²) in [6.07, 6.45) is 7.38. The molecular weight excluding hydrogens is 631 g/mol. The summed E-state index contributed by atoms with van der Waals surface area (Å²) in [6.45, 7) is 15.6. The number of hydrogen-bond donors (Lipinski definition) is 1. The molecule has 0 unspecified atom stereocenters. The van der Waals surface area contributed by atoms with Crippen molar-refractivity contribution in [1.29, 1.82) is 0 Å². The second kappa shape index (κ2) is 11.9. The number of imidazole rings is 1. The van der Waals surface area contributed by atoms with Crippen molar-refractivity contribution in [2.24, 2.45) is 5.41 Å². The molecule has 1 N–H and O–H groups in total. The van der Waals surface area contributed by atoms with Crippen molar-refractivity contribution < 1.29 is 14.0 Å². The van der Waals surface area contributed by atoms with Crippen LogP contribution in [0.15, 0.2) is 42.9 Å². The maximum atomic E-state index is 15.0. The van der Waals surface area contributed by atoms with Crippen molar-refractivity contribution in [3.05, 3.63) is 59.9 Å². The van der Waals surface area contributed by atoms with E-state index >= 15 is 0 Å². The van der Waals surface area contributed by atoms with Crippen LogP contribution in [-0.2, 0) is 15.0 Å². The second-order valence-corrected chi connectivity index (χ2v) is 16.1. The number of amides is 2. The average molecular weight is 679 g/mol. The first-order chi connectivity index (χ1) is 23.8. The molecule has 1 saturated carbocycles. The summed E-state index contributed by atoms with van der Waals surface area (Å²) in [5.41, 5.74) is 5.78. The number of nitrogens with zero attached hydrogens (tertiary/aromatic N) is 7. The van der Waals surface area contributed by atoms with Gasteiger partial charge in [-0.05, 0) is 88.6 Å². The lowest BCUT2D eigenvalue weighted by Crippen LogP contribution is -2.57. The quantitative estimate of drug-likeness (QED) is 0.241. The monoisotopic (exact) mass is 678 g/mol. The van der Waals surface area contributed by atoms with E-state index in [1.54, 1.807) is 19.3 Å². The Morgan fingerprint density at radius 3 is 2.46 bits per heavy atom. The molecular formula is C39H47FN8O2. The number of pyridine rings is 2. The number of rotatable bonds is 6. The van der Waals surface area contributed by atoms with E-state index < -0.39 is 11.2 Å². The molecule has 3 aromatic heterocycles. The topological polar surface area (TPSA) is 99.5 Å². The maximum absolute atomic E-state index is 15.0. The zero-order valence-electron chi connectivity index (χ0n) is 30.0. The number of halogens is 1. The van der Waals surface area contributed by atoms with E-state index in [1.807, 2.05) is 22.5 Å². The van der Waals surface area contributed by atoms with E-state index in [9.17, 15) is 14.0 Å². The number of carbonyl (C=O) groups excluding carboxylic acids is 2. The summed E-state index contributed by atoms with van der Waals surface area (Å²) < 4.78 is 17.0. The standard InChI is InChI=1S/C39H47FN8O2/c1-23(2)47-22-42-33-19-31(43-36(35(33)47)44-32-15-24(3)41-20-30(32)40)26-7-8-29-34(16-26)48(28-17-27(18-28)46-12-9-38(5,6)21-46)37(50)39(29)10-13-45(14-11-39)25(4)49/h7-8,15-16,19-20,22-23,27-28H,9-14,17-18,21H2,1-6H3,(H,41,43,44). The molecule has 8 rings (SSSR count). The van der Waals surface area contributed by atoms with E-state index in [0.29, 0.717) is 60.3 Å². The van der Waals surface area contributed by atoms with E-state index in [0.717, 1.165) is 53.8 Å². The maximum Gasteiger partial charge on any atom is 0.238 e. The third-order valence-corrected chi connectivity index (χ3v) is 11.8. The van der Waals surface area contributed by atoms with Crippen molar-refractivity contribution in [3.63, 3.8) is 0 Å². The van der Waals surface area contributed by atoms with Gasteiger partial charge >= 0.3 is 0 Å². The number of benzene rings is 1. The van der Waals surface area contributed by atoms with E-state index in [4.69, 9.17) is 9.97 Å². The molecule has 2 amide bonds. The van der Waals surface area contributed by atoms with Crippen LogP contribution < -0.4 is 10.2 Å². The van der Waals surface area contributed by atoms with Crippen molar-refractivity contribution in [3.8, 4) is 11.3 Å². The van der Waals surface area contributed by atoms with Crippen LogP contribution in [-0.4, -0.2) is 79.4 Å². The molecule has 262 valence electrons. The first-order valence-electron chi connectivity index (χ1n) is 18.1. The summed E-state index contributed by atoms with van der Waals surface area (Å²) in [6, 6.07) is 10.7. The van der Waals surface area contributed by atoms with Gasteiger partial charge in [0.25, 0.3) is 0 Å². The van der Waals surface area contributed by atoms with Crippen molar-refractivity contribution >= 4 is 40.0 Å². The Hall–Kier alpha value is -4.38. The van der Waals surface area contributed by atoms with Crippen LogP contribution in [0, 0.1) is 18.2 Å². The minimum absolute atomic E-state index is 0.0562. The van der Waals surface area contributed by atoms with Gasteiger partial charge in [-0.1, -0.05) is 26.0 Å². The first-order valence-corrected chi connectivity index (χ1v) is 18.1. The van der Waals surface area contributed by atoms with Crippen LogP contribution in [0.25, 0.3) is 22.3 Å². The lowest BCUT2D eigenvalue weighted by Gasteiger charge is -2.46. The minimum Gasteiger partial charge on any atom is -0.343 e. The molecule has 1 aromatic carbocycles. The molecule has 2 saturated heterocycles. The van der Waals surface area contributed by atoms with E-state index in [2.05, 4.69) is 66.0 Å². The van der Waals surface area contributed by atoms with Gasteiger partial charge in [-0.3, -0.25) is 19.5 Å². The molecule has 6 heterocycles. The molecule has 0 bridgehead atoms. The molecule has 0 atom stereocenters. The van der Waals surface area contributed by atoms with Crippen LogP contribution in [0.3, 0.4) is 0 Å². The molecule has 3 fully saturated rings. The number of hydrogen-bond acceptors (Lipinski definition) is 7. The largest absolute Gasteiger partial charge is 0.343 e. The van der Waals surface area contributed by atoms with Crippen LogP contribution in [0.5, 0.6) is 0 Å². The van der Waals surface area contributed by atoms with Crippen molar-refractivity contribution in [1.82, 2.24) is 29.3 Å². The Morgan fingerprint density at radius 2 is 1.78 bits per heavy atom. The van der Waals surface area contributed by atoms with Crippen molar-refractivity contribution in [2.45, 2.75) is 97.2 Å². The highest BCUT2D eigenvalue weighted by Crippen LogP contribution is 2.52. The SMILES string of the molecule is CC(=O)N1CCC2(CC1)C(=O)N(C1CC(N3CCC(C)(C)C3)C1)c1cc(-c3cc4ncn(C(C)C)c4c(Nc4cc(C)ncc4F)n3)ccc12. The summed E-state index contributed by atoms with van der Waals surface area (Å²) in [4.78, 5) is 47.5. The van der Waals surface area contributed by atoms with Gasteiger partial charge in [0.05, 0.1) is 34.8 Å². The normalized spacial score (nSPS) is 22.8.